The molecule has 1 heterocycles. The number of pyridine rings is 1. The molecule has 0 fully saturated rings. The van der Waals surface area contributed by atoms with Gasteiger partial charge in [0.05, 0.1) is 18.4 Å². The van der Waals surface area contributed by atoms with Crippen LogP contribution in [0, 0.1) is 18.3 Å². The Hall–Kier alpha value is -2.67. The van der Waals surface area contributed by atoms with Crippen LogP contribution in [0.25, 0.3) is 0 Å². The average Bonchev–Trinajstić information content (AvgIpc) is 2.48. The van der Waals surface area contributed by atoms with Gasteiger partial charge in [-0.2, -0.15) is 5.26 Å². The van der Waals surface area contributed by atoms with Gasteiger partial charge < -0.3 is 5.11 Å². The van der Waals surface area contributed by atoms with E-state index < -0.39 is 17.8 Å². The van der Waals surface area contributed by atoms with Crippen LogP contribution in [0.4, 0.5) is 0 Å². The van der Waals surface area contributed by atoms with Crippen molar-refractivity contribution in [3.05, 3.63) is 65.5 Å². The fourth-order valence-corrected chi connectivity index (χ4v) is 2.39. The number of hydrogen-bond donors (Lipinski definition) is 1. The summed E-state index contributed by atoms with van der Waals surface area (Å²) < 4.78 is 0. The fraction of sp³-hybridized carbons (Fsp3) is 0.235. The summed E-state index contributed by atoms with van der Waals surface area (Å²) in [5.41, 5.74) is 2.70. The molecule has 0 radical (unpaired) electrons. The Balaban J connectivity index is 2.41. The Morgan fingerprint density at radius 3 is 2.52 bits per heavy atom. The molecule has 1 N–H and O–H groups in total. The minimum atomic E-state index is -0.912. The topological polar surface area (TPSA) is 74.0 Å². The highest BCUT2D eigenvalue weighted by atomic mass is 16.4. The SMILES string of the molecule is Cc1ccc(C(CC(=O)O)C(C#N)c2cccnc2)cc1. The predicted octanol–water partition coefficient (Wildman–Crippen LogP) is 3.26. The van der Waals surface area contributed by atoms with E-state index in [-0.39, 0.29) is 6.42 Å². The molecule has 0 aliphatic carbocycles. The molecule has 0 amide bonds. The van der Waals surface area contributed by atoms with Crippen LogP contribution >= 0.6 is 0 Å². The second-order valence-electron chi connectivity index (χ2n) is 5.01. The number of hydrogen-bond acceptors (Lipinski definition) is 3. The molecule has 106 valence electrons. The number of rotatable bonds is 5. The van der Waals surface area contributed by atoms with Crippen molar-refractivity contribution in [3.63, 3.8) is 0 Å². The van der Waals surface area contributed by atoms with Crippen LogP contribution in [0.3, 0.4) is 0 Å². The quantitative estimate of drug-likeness (QED) is 0.912. The molecule has 0 saturated heterocycles. The molecule has 0 aliphatic rings. The molecule has 4 heteroatoms. The lowest BCUT2D eigenvalue weighted by Crippen LogP contribution is -2.14. The molecule has 1 aromatic heterocycles. The van der Waals surface area contributed by atoms with E-state index in [4.69, 9.17) is 5.11 Å². The molecule has 0 spiro atoms. The fourth-order valence-electron chi connectivity index (χ4n) is 2.39. The van der Waals surface area contributed by atoms with Crippen LogP contribution in [0.2, 0.25) is 0 Å². The first-order valence-corrected chi connectivity index (χ1v) is 6.69. The van der Waals surface area contributed by atoms with Gasteiger partial charge in [-0.1, -0.05) is 35.9 Å². The summed E-state index contributed by atoms with van der Waals surface area (Å²) in [5.74, 6) is -1.83. The molecular weight excluding hydrogens is 264 g/mol. The predicted molar refractivity (Wildman–Crippen MR) is 78.8 cm³/mol. The Morgan fingerprint density at radius 1 is 1.29 bits per heavy atom. The van der Waals surface area contributed by atoms with Crippen molar-refractivity contribution in [2.45, 2.75) is 25.2 Å². The van der Waals surface area contributed by atoms with E-state index in [0.29, 0.717) is 0 Å². The number of nitriles is 1. The third-order valence-corrected chi connectivity index (χ3v) is 3.49. The molecule has 1 aromatic carbocycles. The zero-order valence-electron chi connectivity index (χ0n) is 11.7. The van der Waals surface area contributed by atoms with E-state index in [2.05, 4.69) is 11.1 Å². The number of aliphatic carboxylic acids is 1. The number of carboxylic acids is 1. The summed E-state index contributed by atoms with van der Waals surface area (Å²) in [6, 6.07) is 13.4. The molecule has 4 nitrogen and oxygen atoms in total. The third kappa shape index (κ3) is 3.67. The van der Waals surface area contributed by atoms with Gasteiger partial charge in [0, 0.05) is 18.3 Å². The van der Waals surface area contributed by atoms with Crippen molar-refractivity contribution in [1.29, 1.82) is 5.26 Å². The number of aryl methyl sites for hydroxylation is 1. The standard InChI is InChI=1S/C17H16N2O2/c1-12-4-6-13(7-5-12)15(9-17(20)21)16(10-18)14-3-2-8-19-11-14/h2-8,11,15-16H,9H2,1H3,(H,20,21). The Labute approximate surface area is 123 Å². The second kappa shape index (κ2) is 6.67. The van der Waals surface area contributed by atoms with Gasteiger partial charge in [0.2, 0.25) is 0 Å². The summed E-state index contributed by atoms with van der Waals surface area (Å²) >= 11 is 0. The summed E-state index contributed by atoms with van der Waals surface area (Å²) in [5, 5.41) is 18.7. The van der Waals surface area contributed by atoms with Crippen LogP contribution in [-0.4, -0.2) is 16.1 Å². The van der Waals surface area contributed by atoms with Crippen molar-refractivity contribution in [2.75, 3.05) is 0 Å². The molecule has 21 heavy (non-hydrogen) atoms. The first-order valence-electron chi connectivity index (χ1n) is 6.69. The van der Waals surface area contributed by atoms with E-state index in [1.165, 1.54) is 0 Å². The van der Waals surface area contributed by atoms with Crippen LogP contribution < -0.4 is 0 Å². The van der Waals surface area contributed by atoms with Crippen molar-refractivity contribution in [1.82, 2.24) is 4.98 Å². The number of benzene rings is 1. The maximum atomic E-state index is 11.2. The molecule has 2 unspecified atom stereocenters. The lowest BCUT2D eigenvalue weighted by atomic mass is 9.80. The van der Waals surface area contributed by atoms with E-state index in [9.17, 15) is 10.1 Å². The summed E-state index contributed by atoms with van der Waals surface area (Å²) in [7, 11) is 0. The van der Waals surface area contributed by atoms with Crippen molar-refractivity contribution in [3.8, 4) is 6.07 Å². The molecule has 0 saturated carbocycles. The van der Waals surface area contributed by atoms with Crippen molar-refractivity contribution >= 4 is 5.97 Å². The Morgan fingerprint density at radius 2 is 2.00 bits per heavy atom. The number of nitrogens with zero attached hydrogens (tertiary/aromatic N) is 2. The van der Waals surface area contributed by atoms with Crippen LogP contribution in [0.15, 0.2) is 48.8 Å². The van der Waals surface area contributed by atoms with Crippen LogP contribution in [0.5, 0.6) is 0 Å². The van der Waals surface area contributed by atoms with Gasteiger partial charge in [0.15, 0.2) is 0 Å². The van der Waals surface area contributed by atoms with Gasteiger partial charge in [-0.15, -0.1) is 0 Å². The summed E-state index contributed by atoms with van der Waals surface area (Å²) in [4.78, 5) is 15.2. The van der Waals surface area contributed by atoms with E-state index in [1.54, 1.807) is 18.5 Å². The minimum absolute atomic E-state index is 0.0871. The van der Waals surface area contributed by atoms with E-state index in [1.807, 2.05) is 37.3 Å². The summed E-state index contributed by atoms with van der Waals surface area (Å²) in [6.07, 6.45) is 3.17. The molecule has 2 atom stereocenters. The van der Waals surface area contributed by atoms with Gasteiger partial charge in [-0.05, 0) is 24.1 Å². The highest BCUT2D eigenvalue weighted by Gasteiger charge is 2.27. The zero-order chi connectivity index (χ0) is 15.2. The first kappa shape index (κ1) is 14.7. The van der Waals surface area contributed by atoms with Gasteiger partial charge >= 0.3 is 5.97 Å². The van der Waals surface area contributed by atoms with Crippen molar-refractivity contribution in [2.24, 2.45) is 0 Å². The molecule has 0 bridgehead atoms. The highest BCUT2D eigenvalue weighted by Crippen LogP contribution is 2.35. The maximum Gasteiger partial charge on any atom is 0.304 e. The molecule has 0 aliphatic heterocycles. The minimum Gasteiger partial charge on any atom is -0.481 e. The van der Waals surface area contributed by atoms with Crippen LogP contribution in [0.1, 0.15) is 34.9 Å². The van der Waals surface area contributed by atoms with Crippen molar-refractivity contribution < 1.29 is 9.90 Å². The highest BCUT2D eigenvalue weighted by molar-refractivity contribution is 5.68. The second-order valence-corrected chi connectivity index (χ2v) is 5.01. The first-order chi connectivity index (χ1) is 10.1. The smallest absolute Gasteiger partial charge is 0.304 e. The normalized spacial score (nSPS) is 13.1. The zero-order valence-corrected chi connectivity index (χ0v) is 11.7. The third-order valence-electron chi connectivity index (χ3n) is 3.49. The van der Waals surface area contributed by atoms with Crippen LogP contribution in [-0.2, 0) is 4.79 Å². The van der Waals surface area contributed by atoms with E-state index >= 15 is 0 Å². The monoisotopic (exact) mass is 280 g/mol. The van der Waals surface area contributed by atoms with Gasteiger partial charge in [-0.3, -0.25) is 9.78 Å². The number of aromatic nitrogens is 1. The lowest BCUT2D eigenvalue weighted by Gasteiger charge is -2.21. The van der Waals surface area contributed by atoms with Gasteiger partial charge in [0.25, 0.3) is 0 Å². The van der Waals surface area contributed by atoms with Gasteiger partial charge in [-0.25, -0.2) is 0 Å². The van der Waals surface area contributed by atoms with E-state index in [0.717, 1.165) is 16.7 Å². The molecule has 2 aromatic rings. The molecular formula is C17H16N2O2. The maximum absolute atomic E-state index is 11.2. The number of carbonyl (C=O) groups is 1. The number of carboxylic acid groups (broad SMARTS) is 1. The average molecular weight is 280 g/mol. The lowest BCUT2D eigenvalue weighted by molar-refractivity contribution is -0.137. The Bertz CT molecular complexity index is 645. The summed E-state index contributed by atoms with van der Waals surface area (Å²) in [6.45, 7) is 1.97. The van der Waals surface area contributed by atoms with Gasteiger partial charge in [0.1, 0.15) is 0 Å². The molecule has 2 rings (SSSR count). The Kier molecular flexibility index (Phi) is 4.68. The largest absolute Gasteiger partial charge is 0.481 e.